The summed E-state index contributed by atoms with van der Waals surface area (Å²) in [7, 11) is 0. The van der Waals surface area contributed by atoms with E-state index in [-0.39, 0.29) is 13.2 Å². The first-order valence-corrected chi connectivity index (χ1v) is 9.91. The Kier molecular flexibility index (Phi) is 6.01. The van der Waals surface area contributed by atoms with Crippen LogP contribution in [0.5, 0.6) is 5.75 Å². The van der Waals surface area contributed by atoms with Gasteiger partial charge in [-0.25, -0.2) is 9.59 Å². The number of rotatable bonds is 5. The minimum Gasteiger partial charge on any atom is -0.453 e. The Balaban J connectivity index is 1.33. The van der Waals surface area contributed by atoms with Gasteiger partial charge in [0.15, 0.2) is 12.2 Å². The summed E-state index contributed by atoms with van der Waals surface area (Å²) in [5.74, 6) is -1.11. The predicted molar refractivity (Wildman–Crippen MR) is 107 cm³/mol. The van der Waals surface area contributed by atoms with Crippen molar-refractivity contribution in [3.8, 4) is 5.75 Å². The normalized spacial score (nSPS) is 24.3. The number of carbonyl (C=O) groups is 3. The zero-order valence-electron chi connectivity index (χ0n) is 17.1. The van der Waals surface area contributed by atoms with Crippen molar-refractivity contribution in [2.24, 2.45) is 0 Å². The first kappa shape index (κ1) is 21.0. The van der Waals surface area contributed by atoms with Crippen molar-refractivity contribution in [3.63, 3.8) is 0 Å². The Morgan fingerprint density at radius 3 is 1.68 bits per heavy atom. The summed E-state index contributed by atoms with van der Waals surface area (Å²) < 4.78 is 27.5. The fourth-order valence-electron chi connectivity index (χ4n) is 3.56. The molecule has 8 heteroatoms. The molecule has 0 N–H and O–H groups in total. The van der Waals surface area contributed by atoms with Crippen LogP contribution in [0.2, 0.25) is 0 Å². The van der Waals surface area contributed by atoms with Crippen LogP contribution in [-0.4, -0.2) is 55.5 Å². The minimum atomic E-state index is -0.617. The summed E-state index contributed by atoms with van der Waals surface area (Å²) in [6, 6.07) is 13.1. The van der Waals surface area contributed by atoms with E-state index in [4.69, 9.17) is 23.7 Å². The van der Waals surface area contributed by atoms with E-state index in [9.17, 15) is 14.4 Å². The Morgan fingerprint density at radius 2 is 1.23 bits per heavy atom. The molecular formula is C23H22O8. The third-order valence-corrected chi connectivity index (χ3v) is 5.12. The molecule has 0 radical (unpaired) electrons. The number of hydrogen-bond donors (Lipinski definition) is 0. The molecule has 2 aliphatic rings. The van der Waals surface area contributed by atoms with E-state index in [1.54, 1.807) is 12.1 Å². The average Bonchev–Trinajstić information content (AvgIpc) is 3.32. The van der Waals surface area contributed by atoms with Crippen LogP contribution in [0.1, 0.15) is 33.2 Å². The van der Waals surface area contributed by atoms with Gasteiger partial charge in [0.1, 0.15) is 18.0 Å². The summed E-state index contributed by atoms with van der Waals surface area (Å²) in [5.41, 5.74) is 1.80. The number of carbonyl (C=O) groups excluding carboxylic acids is 3. The molecular weight excluding hydrogens is 404 g/mol. The van der Waals surface area contributed by atoms with Crippen molar-refractivity contribution in [2.45, 2.75) is 38.3 Å². The number of benzene rings is 2. The molecule has 2 heterocycles. The monoisotopic (exact) mass is 426 g/mol. The number of aryl methyl sites for hydroxylation is 1. The SMILES string of the molecule is CC(=O)Oc1ccc(C(=O)O[C@@H]2COC3C2OC[C@@H]3OC(=O)c2ccc(C)cc2)cc1. The molecule has 0 bridgehead atoms. The van der Waals surface area contributed by atoms with Gasteiger partial charge in [-0.15, -0.1) is 0 Å². The quantitative estimate of drug-likeness (QED) is 0.531. The molecule has 0 amide bonds. The van der Waals surface area contributed by atoms with Gasteiger partial charge in [0.05, 0.1) is 24.3 Å². The van der Waals surface area contributed by atoms with Gasteiger partial charge < -0.3 is 23.7 Å². The molecule has 4 atom stereocenters. The lowest BCUT2D eigenvalue weighted by atomic mass is 10.1. The maximum Gasteiger partial charge on any atom is 0.338 e. The highest BCUT2D eigenvalue weighted by Gasteiger charge is 2.51. The van der Waals surface area contributed by atoms with E-state index in [1.807, 2.05) is 19.1 Å². The molecule has 0 aromatic heterocycles. The highest BCUT2D eigenvalue weighted by molar-refractivity contribution is 5.90. The topological polar surface area (TPSA) is 97.4 Å². The molecule has 2 fully saturated rings. The summed E-state index contributed by atoms with van der Waals surface area (Å²) in [5, 5.41) is 0. The molecule has 31 heavy (non-hydrogen) atoms. The second-order valence-electron chi connectivity index (χ2n) is 7.47. The second-order valence-corrected chi connectivity index (χ2v) is 7.47. The van der Waals surface area contributed by atoms with Crippen molar-refractivity contribution in [2.75, 3.05) is 13.2 Å². The van der Waals surface area contributed by atoms with Crippen molar-refractivity contribution in [1.82, 2.24) is 0 Å². The highest BCUT2D eigenvalue weighted by atomic mass is 16.7. The third-order valence-electron chi connectivity index (χ3n) is 5.12. The van der Waals surface area contributed by atoms with Crippen molar-refractivity contribution >= 4 is 17.9 Å². The third kappa shape index (κ3) is 4.76. The van der Waals surface area contributed by atoms with Crippen molar-refractivity contribution < 1.29 is 38.1 Å². The molecule has 2 aliphatic heterocycles. The maximum atomic E-state index is 12.5. The summed E-state index contributed by atoms with van der Waals surface area (Å²) in [6.45, 7) is 3.54. The van der Waals surface area contributed by atoms with Gasteiger partial charge in [-0.2, -0.15) is 0 Å². The van der Waals surface area contributed by atoms with Crippen LogP contribution in [0.15, 0.2) is 48.5 Å². The standard InChI is InChI=1S/C23H22O8/c1-13-3-5-15(6-4-13)22(25)30-18-11-27-21-19(12-28-20(18)21)31-23(26)16-7-9-17(10-8-16)29-14(2)24/h3-10,18-21H,11-12H2,1-2H3/t18-,19+,20?,21?/m0/s1. The van der Waals surface area contributed by atoms with Gasteiger partial charge in [0.25, 0.3) is 0 Å². The molecule has 4 rings (SSSR count). The molecule has 0 saturated carbocycles. The summed E-state index contributed by atoms with van der Waals surface area (Å²) in [6.07, 6.45) is -2.21. The van der Waals surface area contributed by atoms with E-state index in [0.717, 1.165) is 5.56 Å². The van der Waals surface area contributed by atoms with Gasteiger partial charge >= 0.3 is 17.9 Å². The second kappa shape index (κ2) is 8.87. The van der Waals surface area contributed by atoms with E-state index in [2.05, 4.69) is 0 Å². The fraction of sp³-hybridized carbons (Fsp3) is 0.348. The van der Waals surface area contributed by atoms with Gasteiger partial charge in [-0.3, -0.25) is 4.79 Å². The first-order valence-electron chi connectivity index (χ1n) is 9.91. The maximum absolute atomic E-state index is 12.5. The fourth-order valence-corrected chi connectivity index (χ4v) is 3.56. The number of ether oxygens (including phenoxy) is 5. The van der Waals surface area contributed by atoms with Crippen LogP contribution in [0.25, 0.3) is 0 Å². The molecule has 2 aromatic rings. The Bertz CT molecular complexity index is 966. The molecule has 0 aliphatic carbocycles. The smallest absolute Gasteiger partial charge is 0.338 e. The van der Waals surface area contributed by atoms with Gasteiger partial charge in [-0.05, 0) is 43.3 Å². The largest absolute Gasteiger partial charge is 0.453 e. The van der Waals surface area contributed by atoms with E-state index in [1.165, 1.54) is 31.2 Å². The van der Waals surface area contributed by atoms with Crippen molar-refractivity contribution in [3.05, 3.63) is 65.2 Å². The van der Waals surface area contributed by atoms with Crippen LogP contribution in [0, 0.1) is 6.92 Å². The number of fused-ring (bicyclic) bond motifs is 1. The van der Waals surface area contributed by atoms with Crippen LogP contribution in [0.3, 0.4) is 0 Å². The molecule has 2 saturated heterocycles. The Hall–Kier alpha value is -3.23. The van der Waals surface area contributed by atoms with Crippen LogP contribution in [0.4, 0.5) is 0 Å². The summed E-state index contributed by atoms with van der Waals surface area (Å²) in [4.78, 5) is 35.8. The molecule has 2 unspecified atom stereocenters. The number of esters is 3. The molecule has 0 spiro atoms. The minimum absolute atomic E-state index is 0.144. The lowest BCUT2D eigenvalue weighted by Crippen LogP contribution is -2.36. The van der Waals surface area contributed by atoms with Gasteiger partial charge in [0.2, 0.25) is 0 Å². The van der Waals surface area contributed by atoms with E-state index < -0.39 is 42.3 Å². The van der Waals surface area contributed by atoms with Crippen LogP contribution in [-0.2, 0) is 23.7 Å². The zero-order valence-corrected chi connectivity index (χ0v) is 17.1. The lowest BCUT2D eigenvalue weighted by molar-refractivity contribution is -0.131. The van der Waals surface area contributed by atoms with Gasteiger partial charge in [-0.1, -0.05) is 17.7 Å². The first-order chi connectivity index (χ1) is 14.9. The van der Waals surface area contributed by atoms with Crippen molar-refractivity contribution in [1.29, 1.82) is 0 Å². The molecule has 8 nitrogen and oxygen atoms in total. The average molecular weight is 426 g/mol. The van der Waals surface area contributed by atoms with E-state index in [0.29, 0.717) is 16.9 Å². The molecule has 162 valence electrons. The predicted octanol–water partition coefficient (Wildman–Crippen LogP) is 2.47. The molecule has 2 aromatic carbocycles. The number of hydrogen-bond acceptors (Lipinski definition) is 8. The zero-order chi connectivity index (χ0) is 22.0. The Morgan fingerprint density at radius 1 is 0.774 bits per heavy atom. The van der Waals surface area contributed by atoms with Crippen LogP contribution < -0.4 is 4.74 Å². The van der Waals surface area contributed by atoms with Crippen LogP contribution >= 0.6 is 0 Å². The lowest BCUT2D eigenvalue weighted by Gasteiger charge is -2.17. The van der Waals surface area contributed by atoms with Gasteiger partial charge in [0, 0.05) is 6.92 Å². The Labute approximate surface area is 179 Å². The van der Waals surface area contributed by atoms with E-state index >= 15 is 0 Å². The summed E-state index contributed by atoms with van der Waals surface area (Å²) >= 11 is 0. The highest BCUT2D eigenvalue weighted by Crippen LogP contribution is 2.31.